The zero-order valence-electron chi connectivity index (χ0n) is 5.30. The highest BCUT2D eigenvalue weighted by atomic mass is 15.0. The van der Waals surface area contributed by atoms with Crippen molar-refractivity contribution in [3.63, 3.8) is 0 Å². The molecule has 1 saturated carbocycles. The van der Waals surface area contributed by atoms with Gasteiger partial charge in [0.2, 0.25) is 0 Å². The lowest BCUT2D eigenvalue weighted by molar-refractivity contribution is 0.650. The second kappa shape index (κ2) is 1.47. The first-order valence-electron chi connectivity index (χ1n) is 3.60. The van der Waals surface area contributed by atoms with Crippen LogP contribution in [-0.2, 0) is 0 Å². The van der Waals surface area contributed by atoms with Gasteiger partial charge in [0.05, 0.1) is 0 Å². The van der Waals surface area contributed by atoms with Crippen LogP contribution in [0.25, 0.3) is 5.32 Å². The molecular weight excluding hydrogens is 98.1 g/mol. The molecule has 3 atom stereocenters. The summed E-state index contributed by atoms with van der Waals surface area (Å²) in [6, 6.07) is 1.57. The van der Waals surface area contributed by atoms with E-state index in [0.29, 0.717) is 0 Å². The lowest BCUT2D eigenvalue weighted by Crippen LogP contribution is -1.99. The summed E-state index contributed by atoms with van der Waals surface area (Å²) < 4.78 is 0. The standard InChI is InChI=1S/C7H12N/c1-2-6-3-5-4-7(5)8-6/h5-7H,2-4H2,1H3/q-1. The number of piperidine rings is 1. The molecule has 1 aliphatic carbocycles. The highest BCUT2D eigenvalue weighted by Gasteiger charge is 2.34. The van der Waals surface area contributed by atoms with Crippen LogP contribution in [0.1, 0.15) is 26.2 Å². The SMILES string of the molecule is CCC1CC2CC2[N-]1. The molecule has 0 bridgehead atoms. The first-order chi connectivity index (χ1) is 3.90. The van der Waals surface area contributed by atoms with Crippen LogP contribution < -0.4 is 0 Å². The molecule has 0 spiro atoms. The Bertz CT molecular complexity index is 90.6. The minimum atomic E-state index is 0.749. The van der Waals surface area contributed by atoms with Crippen molar-refractivity contribution in [2.75, 3.05) is 0 Å². The van der Waals surface area contributed by atoms with Gasteiger partial charge in [0.1, 0.15) is 0 Å². The summed E-state index contributed by atoms with van der Waals surface area (Å²) in [5, 5.41) is 4.58. The van der Waals surface area contributed by atoms with Crippen LogP contribution in [0.3, 0.4) is 0 Å². The highest BCUT2D eigenvalue weighted by Crippen LogP contribution is 2.49. The molecule has 2 fully saturated rings. The van der Waals surface area contributed by atoms with E-state index in [1.807, 2.05) is 0 Å². The lowest BCUT2D eigenvalue weighted by Gasteiger charge is -2.23. The van der Waals surface area contributed by atoms with Crippen LogP contribution in [0.4, 0.5) is 0 Å². The molecule has 1 heteroatoms. The van der Waals surface area contributed by atoms with Crippen molar-refractivity contribution >= 4 is 0 Å². The minimum absolute atomic E-state index is 0.749. The lowest BCUT2D eigenvalue weighted by atomic mass is 10.1. The number of nitrogens with zero attached hydrogens (tertiary/aromatic N) is 1. The van der Waals surface area contributed by atoms with E-state index in [2.05, 4.69) is 12.2 Å². The maximum absolute atomic E-state index is 4.58. The molecule has 0 aromatic carbocycles. The first-order valence-corrected chi connectivity index (χ1v) is 3.60. The molecule has 0 N–H and O–H groups in total. The van der Waals surface area contributed by atoms with Crippen LogP contribution in [0.5, 0.6) is 0 Å². The number of rotatable bonds is 1. The van der Waals surface area contributed by atoms with E-state index in [4.69, 9.17) is 0 Å². The van der Waals surface area contributed by atoms with Crippen LogP contribution in [0.15, 0.2) is 0 Å². The zero-order chi connectivity index (χ0) is 5.56. The molecule has 2 rings (SSSR count). The molecule has 0 aromatic rings. The van der Waals surface area contributed by atoms with Crippen molar-refractivity contribution in [2.45, 2.75) is 38.3 Å². The molecule has 0 aromatic heterocycles. The Kier molecular flexibility index (Phi) is 0.884. The minimum Gasteiger partial charge on any atom is -0.657 e. The summed E-state index contributed by atoms with van der Waals surface area (Å²) in [6.07, 6.45) is 4.09. The summed E-state index contributed by atoms with van der Waals surface area (Å²) in [4.78, 5) is 0. The molecule has 1 aliphatic heterocycles. The third kappa shape index (κ3) is 0.576. The van der Waals surface area contributed by atoms with Gasteiger partial charge in [-0.2, -0.15) is 0 Å². The Labute approximate surface area is 50.5 Å². The van der Waals surface area contributed by atoms with Crippen molar-refractivity contribution in [3.05, 3.63) is 5.32 Å². The average molecular weight is 110 g/mol. The van der Waals surface area contributed by atoms with Crippen molar-refractivity contribution < 1.29 is 0 Å². The van der Waals surface area contributed by atoms with E-state index < -0.39 is 0 Å². The van der Waals surface area contributed by atoms with E-state index in [-0.39, 0.29) is 0 Å². The molecule has 1 heterocycles. The molecule has 3 unspecified atom stereocenters. The van der Waals surface area contributed by atoms with Gasteiger partial charge < -0.3 is 5.32 Å². The number of hydrogen-bond acceptors (Lipinski definition) is 0. The van der Waals surface area contributed by atoms with Gasteiger partial charge in [-0.25, -0.2) is 0 Å². The van der Waals surface area contributed by atoms with Gasteiger partial charge in [0, 0.05) is 0 Å². The van der Waals surface area contributed by atoms with Crippen LogP contribution in [-0.4, -0.2) is 12.1 Å². The third-order valence-corrected chi connectivity index (χ3v) is 2.33. The summed E-state index contributed by atoms with van der Waals surface area (Å²) in [5.41, 5.74) is 0. The Morgan fingerprint density at radius 3 is 2.75 bits per heavy atom. The van der Waals surface area contributed by atoms with Gasteiger partial charge in [-0.05, 0) is 0 Å². The summed E-state index contributed by atoms with van der Waals surface area (Å²) in [5.74, 6) is 1.03. The van der Waals surface area contributed by atoms with Crippen molar-refractivity contribution in [1.29, 1.82) is 0 Å². The fourth-order valence-corrected chi connectivity index (χ4v) is 1.62. The predicted octanol–water partition coefficient (Wildman–Crippen LogP) is 1.93. The molecular formula is C7H12N-. The third-order valence-electron chi connectivity index (χ3n) is 2.33. The smallest absolute Gasteiger partial charge is 0.0603 e. The second-order valence-corrected chi connectivity index (χ2v) is 3.01. The maximum Gasteiger partial charge on any atom is -0.0603 e. The van der Waals surface area contributed by atoms with Gasteiger partial charge in [-0.15, -0.1) is 12.1 Å². The molecule has 0 amide bonds. The molecule has 8 heavy (non-hydrogen) atoms. The fourth-order valence-electron chi connectivity index (χ4n) is 1.62. The summed E-state index contributed by atoms with van der Waals surface area (Å²) in [7, 11) is 0. The predicted molar refractivity (Wildman–Crippen MR) is 33.9 cm³/mol. The number of fused-ring (bicyclic) bond motifs is 1. The largest absolute Gasteiger partial charge is 0.657 e. The van der Waals surface area contributed by atoms with Gasteiger partial charge in [-0.3, -0.25) is 0 Å². The highest BCUT2D eigenvalue weighted by molar-refractivity contribution is 5.20. The quantitative estimate of drug-likeness (QED) is 0.489. The molecule has 1 saturated heterocycles. The molecule has 0 radical (unpaired) electrons. The van der Waals surface area contributed by atoms with Gasteiger partial charge in [0.25, 0.3) is 0 Å². The maximum atomic E-state index is 4.58. The number of hydrogen-bond donors (Lipinski definition) is 0. The van der Waals surface area contributed by atoms with E-state index in [1.54, 1.807) is 0 Å². The molecule has 2 aliphatic rings. The Hall–Kier alpha value is -0.0400. The average Bonchev–Trinajstić information content (AvgIpc) is 2.40. The van der Waals surface area contributed by atoms with Crippen molar-refractivity contribution in [2.24, 2.45) is 5.92 Å². The fraction of sp³-hybridized carbons (Fsp3) is 1.00. The zero-order valence-corrected chi connectivity index (χ0v) is 5.30. The molecule has 1 nitrogen and oxygen atoms in total. The van der Waals surface area contributed by atoms with Crippen molar-refractivity contribution in [1.82, 2.24) is 0 Å². The topological polar surface area (TPSA) is 14.1 Å². The Morgan fingerprint density at radius 2 is 2.38 bits per heavy atom. The molecule has 46 valence electrons. The van der Waals surface area contributed by atoms with E-state index in [1.165, 1.54) is 19.3 Å². The summed E-state index contributed by atoms with van der Waals surface area (Å²) >= 11 is 0. The van der Waals surface area contributed by atoms with Crippen LogP contribution in [0.2, 0.25) is 0 Å². The first kappa shape index (κ1) is 4.80. The Morgan fingerprint density at radius 1 is 1.50 bits per heavy atom. The van der Waals surface area contributed by atoms with Gasteiger partial charge in [0.15, 0.2) is 0 Å². The van der Waals surface area contributed by atoms with E-state index in [0.717, 1.165) is 18.0 Å². The van der Waals surface area contributed by atoms with Crippen LogP contribution >= 0.6 is 0 Å². The van der Waals surface area contributed by atoms with E-state index >= 15 is 0 Å². The van der Waals surface area contributed by atoms with Gasteiger partial charge in [-0.1, -0.05) is 32.1 Å². The van der Waals surface area contributed by atoms with E-state index in [9.17, 15) is 0 Å². The monoisotopic (exact) mass is 110 g/mol. The Balaban J connectivity index is 1.89. The second-order valence-electron chi connectivity index (χ2n) is 3.01. The summed E-state index contributed by atoms with van der Waals surface area (Å²) in [6.45, 7) is 2.24. The van der Waals surface area contributed by atoms with Crippen LogP contribution in [0, 0.1) is 5.92 Å². The van der Waals surface area contributed by atoms with Gasteiger partial charge >= 0.3 is 0 Å². The van der Waals surface area contributed by atoms with Crippen molar-refractivity contribution in [3.8, 4) is 0 Å². The normalized spacial score (nSPS) is 51.4.